The smallest absolute Gasteiger partial charge is 0.260 e. The van der Waals surface area contributed by atoms with E-state index in [4.69, 9.17) is 4.74 Å². The quantitative estimate of drug-likeness (QED) is 0.720. The second-order valence-electron chi connectivity index (χ2n) is 5.40. The van der Waals surface area contributed by atoms with E-state index in [0.29, 0.717) is 12.3 Å². The zero-order chi connectivity index (χ0) is 16.5. The molecule has 2 aromatic rings. The summed E-state index contributed by atoms with van der Waals surface area (Å²) in [7, 11) is 1.90. The summed E-state index contributed by atoms with van der Waals surface area (Å²) in [4.78, 5) is 11.9. The molecule has 0 aliphatic rings. The van der Waals surface area contributed by atoms with Crippen LogP contribution in [0.5, 0.6) is 5.75 Å². The number of carbonyl (C=O) groups excluding carboxylic acids is 1. The van der Waals surface area contributed by atoms with Gasteiger partial charge >= 0.3 is 0 Å². The molecule has 5 heteroatoms. The van der Waals surface area contributed by atoms with Crippen LogP contribution in [0.4, 0.5) is 0 Å². The molecule has 0 fully saturated rings. The third kappa shape index (κ3) is 6.22. The molecule has 1 amide bonds. The number of rotatable bonds is 8. The van der Waals surface area contributed by atoms with Crippen molar-refractivity contribution in [3.63, 3.8) is 0 Å². The first-order chi connectivity index (χ1) is 11.2. The van der Waals surface area contributed by atoms with Gasteiger partial charge in [0.2, 0.25) is 0 Å². The lowest BCUT2D eigenvalue weighted by Crippen LogP contribution is -2.37. The molecule has 4 nitrogen and oxygen atoms in total. The molecule has 0 radical (unpaired) electrons. The fraction of sp³-hybridized carbons (Fsp3) is 0.316. The first-order valence-electron chi connectivity index (χ1n) is 7.95. The van der Waals surface area contributed by atoms with Crippen molar-refractivity contribution in [3.8, 4) is 16.9 Å². The van der Waals surface area contributed by atoms with Crippen molar-refractivity contribution >= 4 is 18.3 Å². The van der Waals surface area contributed by atoms with Crippen LogP contribution in [0.3, 0.4) is 0 Å². The van der Waals surface area contributed by atoms with Crippen molar-refractivity contribution in [2.45, 2.75) is 19.4 Å². The maximum Gasteiger partial charge on any atom is 0.260 e. The molecule has 1 unspecified atom stereocenters. The molecule has 0 aliphatic heterocycles. The molecule has 130 valence electrons. The summed E-state index contributed by atoms with van der Waals surface area (Å²) in [6.45, 7) is 3.30. The predicted octanol–water partition coefficient (Wildman–Crippen LogP) is 3.27. The largest absolute Gasteiger partial charge is 0.481 e. The molecular formula is C19H25ClN2O2. The van der Waals surface area contributed by atoms with E-state index in [1.54, 1.807) is 6.92 Å². The van der Waals surface area contributed by atoms with Crippen molar-refractivity contribution in [1.82, 2.24) is 10.6 Å². The van der Waals surface area contributed by atoms with Crippen molar-refractivity contribution in [1.29, 1.82) is 0 Å². The normalized spacial score (nSPS) is 11.2. The molecule has 2 aromatic carbocycles. The minimum atomic E-state index is -0.507. The third-order valence-corrected chi connectivity index (χ3v) is 3.55. The standard InChI is InChI=1S/C19H24N2O2.ClH/c1-15(19(22)21-14-6-13-20-2)23-18-11-9-17(10-12-18)16-7-4-3-5-8-16;/h3-5,7-12,15,20H,6,13-14H2,1-2H3,(H,21,22);1H. The fourth-order valence-electron chi connectivity index (χ4n) is 2.23. The maximum absolute atomic E-state index is 11.9. The van der Waals surface area contributed by atoms with Crippen LogP contribution in [0.2, 0.25) is 0 Å². The van der Waals surface area contributed by atoms with E-state index in [1.165, 1.54) is 0 Å². The van der Waals surface area contributed by atoms with Crippen molar-refractivity contribution in [3.05, 3.63) is 54.6 Å². The van der Waals surface area contributed by atoms with Gasteiger partial charge in [0.1, 0.15) is 5.75 Å². The van der Waals surface area contributed by atoms with Crippen LogP contribution in [0, 0.1) is 0 Å². The first kappa shape index (κ1) is 20.0. The minimum absolute atomic E-state index is 0. The molecule has 0 bridgehead atoms. The van der Waals surface area contributed by atoms with Gasteiger partial charge in [-0.25, -0.2) is 0 Å². The predicted molar refractivity (Wildman–Crippen MR) is 101 cm³/mol. The van der Waals surface area contributed by atoms with Crippen molar-refractivity contribution in [2.24, 2.45) is 0 Å². The molecule has 0 aliphatic carbocycles. The van der Waals surface area contributed by atoms with E-state index in [1.807, 2.05) is 49.5 Å². The van der Waals surface area contributed by atoms with Crippen LogP contribution in [0.15, 0.2) is 54.6 Å². The number of nitrogens with one attached hydrogen (secondary N) is 2. The van der Waals surface area contributed by atoms with E-state index >= 15 is 0 Å². The Morgan fingerprint density at radius 2 is 1.62 bits per heavy atom. The maximum atomic E-state index is 11.9. The number of halogens is 1. The lowest BCUT2D eigenvalue weighted by atomic mass is 10.1. The Labute approximate surface area is 150 Å². The van der Waals surface area contributed by atoms with Crippen LogP contribution in [0.1, 0.15) is 13.3 Å². The van der Waals surface area contributed by atoms with Gasteiger partial charge in [-0.05, 0) is 50.2 Å². The summed E-state index contributed by atoms with van der Waals surface area (Å²) in [6.07, 6.45) is 0.396. The zero-order valence-corrected chi connectivity index (χ0v) is 14.9. The number of ether oxygens (including phenoxy) is 1. The molecule has 0 spiro atoms. The summed E-state index contributed by atoms with van der Waals surface area (Å²) >= 11 is 0. The fourth-order valence-corrected chi connectivity index (χ4v) is 2.23. The van der Waals surface area contributed by atoms with E-state index in [2.05, 4.69) is 22.8 Å². The van der Waals surface area contributed by atoms with Gasteiger partial charge < -0.3 is 15.4 Å². The highest BCUT2D eigenvalue weighted by molar-refractivity contribution is 5.85. The Morgan fingerprint density at radius 1 is 1.00 bits per heavy atom. The Kier molecular flexibility index (Phi) is 8.90. The SMILES string of the molecule is CNCCCNC(=O)C(C)Oc1ccc(-c2ccccc2)cc1.Cl. The van der Waals surface area contributed by atoms with Gasteiger partial charge in [-0.1, -0.05) is 42.5 Å². The average molecular weight is 349 g/mol. The first-order valence-corrected chi connectivity index (χ1v) is 7.95. The topological polar surface area (TPSA) is 50.4 Å². The number of benzene rings is 2. The molecular weight excluding hydrogens is 324 g/mol. The van der Waals surface area contributed by atoms with Crippen molar-refractivity contribution < 1.29 is 9.53 Å². The highest BCUT2D eigenvalue weighted by Gasteiger charge is 2.13. The average Bonchev–Trinajstić information content (AvgIpc) is 2.60. The van der Waals surface area contributed by atoms with E-state index in [0.717, 1.165) is 24.1 Å². The molecule has 0 saturated carbocycles. The summed E-state index contributed by atoms with van der Waals surface area (Å²) in [6, 6.07) is 18.0. The van der Waals surface area contributed by atoms with E-state index in [-0.39, 0.29) is 18.3 Å². The molecule has 1 atom stereocenters. The number of hydrogen-bond acceptors (Lipinski definition) is 3. The Balaban J connectivity index is 0.00000288. The molecule has 0 saturated heterocycles. The minimum Gasteiger partial charge on any atom is -0.481 e. The zero-order valence-electron chi connectivity index (χ0n) is 14.1. The van der Waals surface area contributed by atoms with Gasteiger partial charge in [0.05, 0.1) is 0 Å². The summed E-state index contributed by atoms with van der Waals surface area (Å²) in [5.74, 6) is 0.607. The second kappa shape index (κ2) is 10.7. The Bertz CT molecular complexity index is 603. The van der Waals surface area contributed by atoms with Gasteiger partial charge in [0.15, 0.2) is 6.10 Å². The van der Waals surface area contributed by atoms with E-state index < -0.39 is 6.10 Å². The van der Waals surface area contributed by atoms with Crippen LogP contribution in [-0.2, 0) is 4.79 Å². The number of carbonyl (C=O) groups is 1. The summed E-state index contributed by atoms with van der Waals surface area (Å²) in [5.41, 5.74) is 2.29. The van der Waals surface area contributed by atoms with E-state index in [9.17, 15) is 4.79 Å². The van der Waals surface area contributed by atoms with Gasteiger partial charge in [-0.3, -0.25) is 4.79 Å². The highest BCUT2D eigenvalue weighted by Crippen LogP contribution is 2.22. The van der Waals surface area contributed by atoms with Crippen LogP contribution in [-0.4, -0.2) is 32.1 Å². The summed E-state index contributed by atoms with van der Waals surface area (Å²) in [5, 5.41) is 5.92. The number of hydrogen-bond donors (Lipinski definition) is 2. The van der Waals surface area contributed by atoms with Gasteiger partial charge in [-0.15, -0.1) is 12.4 Å². The lowest BCUT2D eigenvalue weighted by molar-refractivity contribution is -0.127. The molecule has 0 aromatic heterocycles. The highest BCUT2D eigenvalue weighted by atomic mass is 35.5. The summed E-state index contributed by atoms with van der Waals surface area (Å²) < 4.78 is 5.70. The molecule has 24 heavy (non-hydrogen) atoms. The van der Waals surface area contributed by atoms with Crippen molar-refractivity contribution in [2.75, 3.05) is 20.1 Å². The van der Waals surface area contributed by atoms with Crippen LogP contribution in [0.25, 0.3) is 11.1 Å². The van der Waals surface area contributed by atoms with Gasteiger partial charge in [0, 0.05) is 6.54 Å². The number of amides is 1. The molecule has 2 N–H and O–H groups in total. The monoisotopic (exact) mass is 348 g/mol. The molecule has 2 rings (SSSR count). The van der Waals surface area contributed by atoms with Crippen LogP contribution < -0.4 is 15.4 Å². The molecule has 0 heterocycles. The van der Waals surface area contributed by atoms with Crippen LogP contribution >= 0.6 is 12.4 Å². The Morgan fingerprint density at radius 3 is 2.25 bits per heavy atom. The Hall–Kier alpha value is -2.04. The lowest BCUT2D eigenvalue weighted by Gasteiger charge is -2.15. The van der Waals surface area contributed by atoms with Gasteiger partial charge in [-0.2, -0.15) is 0 Å². The second-order valence-corrected chi connectivity index (χ2v) is 5.40. The van der Waals surface area contributed by atoms with Gasteiger partial charge in [0.25, 0.3) is 5.91 Å². The third-order valence-electron chi connectivity index (χ3n) is 3.55.